The van der Waals surface area contributed by atoms with E-state index in [2.05, 4.69) is 25.5 Å². The first-order chi connectivity index (χ1) is 14.2. The van der Waals surface area contributed by atoms with E-state index in [-0.39, 0.29) is 11.6 Å². The molecule has 3 unspecified atom stereocenters. The van der Waals surface area contributed by atoms with E-state index in [4.69, 9.17) is 0 Å². The minimum absolute atomic E-state index is 0.132. The van der Waals surface area contributed by atoms with Crippen LogP contribution in [-0.2, 0) is 0 Å². The zero-order valence-electron chi connectivity index (χ0n) is 16.5. The minimum Gasteiger partial charge on any atom is -0.391 e. The van der Waals surface area contributed by atoms with E-state index in [0.717, 1.165) is 61.2 Å². The summed E-state index contributed by atoms with van der Waals surface area (Å²) in [5, 5.41) is 29.0. The van der Waals surface area contributed by atoms with Crippen molar-refractivity contribution in [2.45, 2.75) is 75.5 Å². The van der Waals surface area contributed by atoms with Crippen LogP contribution in [0.2, 0.25) is 0 Å². The highest BCUT2D eigenvalue weighted by Crippen LogP contribution is 2.42. The van der Waals surface area contributed by atoms with Gasteiger partial charge in [0.2, 0.25) is 5.13 Å². The maximum absolute atomic E-state index is 12.4. The molecule has 8 nitrogen and oxygen atoms in total. The second-order valence-electron chi connectivity index (χ2n) is 8.48. The number of aliphatic hydroxyl groups is 1. The van der Waals surface area contributed by atoms with Gasteiger partial charge >= 0.3 is 0 Å². The summed E-state index contributed by atoms with van der Waals surface area (Å²) in [5.41, 5.74) is -0.132. The first kappa shape index (κ1) is 19.0. The van der Waals surface area contributed by atoms with Crippen molar-refractivity contribution in [2.75, 3.05) is 23.3 Å². The number of nitrogens with zero attached hydrogens (tertiary/aromatic N) is 5. The van der Waals surface area contributed by atoms with Gasteiger partial charge in [-0.2, -0.15) is 5.10 Å². The molecule has 9 heteroatoms. The fraction of sp³-hybridized carbons (Fsp3) is 0.700. The fourth-order valence-corrected chi connectivity index (χ4v) is 5.45. The van der Waals surface area contributed by atoms with E-state index < -0.39 is 6.10 Å². The average molecular weight is 417 g/mol. The van der Waals surface area contributed by atoms with Crippen LogP contribution in [-0.4, -0.2) is 50.3 Å². The smallest absolute Gasteiger partial charge is 0.267 e. The summed E-state index contributed by atoms with van der Waals surface area (Å²) in [6, 6.07) is 3.52. The molecule has 0 spiro atoms. The van der Waals surface area contributed by atoms with Crippen molar-refractivity contribution in [3.63, 3.8) is 0 Å². The Morgan fingerprint density at radius 2 is 2.00 bits per heavy atom. The van der Waals surface area contributed by atoms with Crippen LogP contribution in [0.5, 0.6) is 0 Å². The summed E-state index contributed by atoms with van der Waals surface area (Å²) >= 11 is 1.67. The third kappa shape index (κ3) is 4.02. The quantitative estimate of drug-likeness (QED) is 0.747. The lowest BCUT2D eigenvalue weighted by Gasteiger charge is -2.37. The van der Waals surface area contributed by atoms with Gasteiger partial charge in [-0.3, -0.25) is 4.79 Å². The van der Waals surface area contributed by atoms with Crippen molar-refractivity contribution >= 4 is 22.3 Å². The summed E-state index contributed by atoms with van der Waals surface area (Å²) in [4.78, 5) is 14.7. The lowest BCUT2D eigenvalue weighted by atomic mass is 10.0. The van der Waals surface area contributed by atoms with Crippen molar-refractivity contribution in [1.29, 1.82) is 0 Å². The third-order valence-corrected chi connectivity index (χ3v) is 7.39. The Balaban J connectivity index is 1.32. The lowest BCUT2D eigenvalue weighted by Crippen LogP contribution is -2.45. The van der Waals surface area contributed by atoms with E-state index in [9.17, 15) is 9.90 Å². The molecule has 2 saturated carbocycles. The predicted molar refractivity (Wildman–Crippen MR) is 113 cm³/mol. The molecule has 3 atom stereocenters. The lowest BCUT2D eigenvalue weighted by molar-refractivity contribution is 0.127. The van der Waals surface area contributed by atoms with Crippen LogP contribution in [0.1, 0.15) is 68.3 Å². The molecule has 2 aromatic rings. The standard InChI is InChI=1S/C20H28N6O2S/c27-16-6-3-5-15(16)26-18(28)10-9-17(24-26)25-11-2-1-4-14(25)12-21-20-23-22-19(29-20)13-7-8-13/h9-10,13-16,27H,1-8,11-12H2,(H,21,23). The van der Waals surface area contributed by atoms with Gasteiger partial charge in [0.25, 0.3) is 5.56 Å². The molecule has 3 fully saturated rings. The van der Waals surface area contributed by atoms with Gasteiger partial charge in [-0.15, -0.1) is 10.2 Å². The zero-order chi connectivity index (χ0) is 19.8. The molecular formula is C20H28N6O2S. The van der Waals surface area contributed by atoms with Gasteiger partial charge in [0.15, 0.2) is 0 Å². The number of hydrogen-bond donors (Lipinski definition) is 2. The highest BCUT2D eigenvalue weighted by atomic mass is 32.1. The number of anilines is 2. The minimum atomic E-state index is -0.479. The largest absolute Gasteiger partial charge is 0.391 e. The number of nitrogens with one attached hydrogen (secondary N) is 1. The van der Waals surface area contributed by atoms with E-state index in [0.29, 0.717) is 12.0 Å². The third-order valence-electron chi connectivity index (χ3n) is 6.35. The van der Waals surface area contributed by atoms with E-state index in [1.807, 2.05) is 6.07 Å². The van der Waals surface area contributed by atoms with Gasteiger partial charge in [0.1, 0.15) is 10.8 Å². The molecule has 156 valence electrons. The predicted octanol–water partition coefficient (Wildman–Crippen LogP) is 2.53. The molecule has 29 heavy (non-hydrogen) atoms. The molecule has 0 bridgehead atoms. The Labute approximate surface area is 174 Å². The molecular weight excluding hydrogens is 388 g/mol. The molecule has 3 aliphatic rings. The highest BCUT2D eigenvalue weighted by Gasteiger charge is 2.31. The first-order valence-electron chi connectivity index (χ1n) is 10.8. The summed E-state index contributed by atoms with van der Waals surface area (Å²) < 4.78 is 1.51. The van der Waals surface area contributed by atoms with Gasteiger partial charge in [-0.1, -0.05) is 11.3 Å². The fourth-order valence-electron chi connectivity index (χ4n) is 4.53. The zero-order valence-corrected chi connectivity index (χ0v) is 17.4. The van der Waals surface area contributed by atoms with Crippen molar-refractivity contribution in [1.82, 2.24) is 20.0 Å². The van der Waals surface area contributed by atoms with Crippen molar-refractivity contribution in [3.8, 4) is 0 Å². The second-order valence-corrected chi connectivity index (χ2v) is 9.49. The van der Waals surface area contributed by atoms with Crippen LogP contribution in [0.4, 0.5) is 10.9 Å². The van der Waals surface area contributed by atoms with E-state index in [1.54, 1.807) is 17.4 Å². The number of hydrogen-bond acceptors (Lipinski definition) is 8. The SMILES string of the molecule is O=c1ccc(N2CCCCC2CNc2nnc(C3CC3)s2)nn1C1CCCC1O. The van der Waals surface area contributed by atoms with E-state index >= 15 is 0 Å². The number of piperidine rings is 1. The van der Waals surface area contributed by atoms with Gasteiger partial charge in [0, 0.05) is 31.1 Å². The number of aromatic nitrogens is 4. The van der Waals surface area contributed by atoms with Gasteiger partial charge in [-0.05, 0) is 57.4 Å². The molecule has 1 aliphatic heterocycles. The molecule has 2 aliphatic carbocycles. The van der Waals surface area contributed by atoms with Gasteiger partial charge in [0.05, 0.1) is 12.1 Å². The molecule has 0 radical (unpaired) electrons. The van der Waals surface area contributed by atoms with Crippen molar-refractivity contribution in [3.05, 3.63) is 27.5 Å². The number of aliphatic hydroxyl groups excluding tert-OH is 1. The first-order valence-corrected chi connectivity index (χ1v) is 11.6. The molecule has 5 rings (SSSR count). The van der Waals surface area contributed by atoms with Crippen LogP contribution >= 0.6 is 11.3 Å². The van der Waals surface area contributed by atoms with Crippen LogP contribution in [0.25, 0.3) is 0 Å². The Morgan fingerprint density at radius 1 is 1.10 bits per heavy atom. The maximum atomic E-state index is 12.4. The van der Waals surface area contributed by atoms with Crippen LogP contribution in [0.15, 0.2) is 16.9 Å². The summed E-state index contributed by atoms with van der Waals surface area (Å²) in [6.07, 6.45) is 7.87. The Hall–Kier alpha value is -2.00. The molecule has 0 aromatic carbocycles. The molecule has 2 N–H and O–H groups in total. The second kappa shape index (κ2) is 8.02. The topological polar surface area (TPSA) is 96.2 Å². The molecule has 0 amide bonds. The van der Waals surface area contributed by atoms with Crippen LogP contribution < -0.4 is 15.8 Å². The Kier molecular flexibility index (Phi) is 5.26. The number of rotatable bonds is 6. The summed E-state index contributed by atoms with van der Waals surface area (Å²) in [6.45, 7) is 1.71. The summed E-state index contributed by atoms with van der Waals surface area (Å²) in [7, 11) is 0. The monoisotopic (exact) mass is 416 g/mol. The highest BCUT2D eigenvalue weighted by molar-refractivity contribution is 7.15. The van der Waals surface area contributed by atoms with Crippen molar-refractivity contribution < 1.29 is 5.11 Å². The van der Waals surface area contributed by atoms with Crippen LogP contribution in [0.3, 0.4) is 0 Å². The molecule has 3 heterocycles. The van der Waals surface area contributed by atoms with E-state index in [1.165, 1.54) is 23.9 Å². The normalized spacial score (nSPS) is 27.3. The van der Waals surface area contributed by atoms with Gasteiger partial charge in [-0.25, -0.2) is 4.68 Å². The Morgan fingerprint density at radius 3 is 2.79 bits per heavy atom. The molecule has 2 aromatic heterocycles. The Bertz CT molecular complexity index is 910. The maximum Gasteiger partial charge on any atom is 0.267 e. The van der Waals surface area contributed by atoms with Crippen molar-refractivity contribution in [2.24, 2.45) is 0 Å². The van der Waals surface area contributed by atoms with Gasteiger partial charge < -0.3 is 15.3 Å². The summed E-state index contributed by atoms with van der Waals surface area (Å²) in [5.74, 6) is 1.46. The molecule has 1 saturated heterocycles. The van der Waals surface area contributed by atoms with Crippen LogP contribution in [0, 0.1) is 0 Å². The average Bonchev–Trinajstić information content (AvgIpc) is 3.33.